The maximum Gasteiger partial charge on any atom is 0.323 e. The van der Waals surface area contributed by atoms with Gasteiger partial charge >= 0.3 is 11.9 Å². The lowest BCUT2D eigenvalue weighted by Crippen LogP contribution is -2.33. The number of aromatic hydroxyl groups is 1. The van der Waals surface area contributed by atoms with E-state index >= 15 is 0 Å². The van der Waals surface area contributed by atoms with Crippen molar-refractivity contribution >= 4 is 11.9 Å². The molecule has 1 aliphatic carbocycles. The van der Waals surface area contributed by atoms with Crippen molar-refractivity contribution in [3.63, 3.8) is 0 Å². The van der Waals surface area contributed by atoms with E-state index in [1.165, 1.54) is 13.2 Å². The molecule has 1 saturated carbocycles. The van der Waals surface area contributed by atoms with Crippen LogP contribution in [0, 0.1) is 12.8 Å². The number of pyridine rings is 1. The van der Waals surface area contributed by atoms with E-state index in [9.17, 15) is 19.5 Å². The monoisotopic (exact) mass is 351 g/mol. The summed E-state index contributed by atoms with van der Waals surface area (Å²) in [6.45, 7) is 1.09. The third kappa shape index (κ3) is 4.41. The number of methoxy groups -OCH3 is 1. The van der Waals surface area contributed by atoms with Gasteiger partial charge in [0.1, 0.15) is 12.3 Å². The molecule has 0 radical (unpaired) electrons. The topological polar surface area (TPSA) is 106 Å². The van der Waals surface area contributed by atoms with E-state index in [4.69, 9.17) is 9.84 Å². The number of hydrogen-bond acceptors (Lipinski definition) is 5. The average molecular weight is 351 g/mol. The Bertz CT molecular complexity index is 702. The van der Waals surface area contributed by atoms with Crippen LogP contribution in [0.2, 0.25) is 0 Å². The third-order valence-corrected chi connectivity index (χ3v) is 5.02. The number of carbonyl (C=O) groups excluding carboxylic acids is 1. The fourth-order valence-corrected chi connectivity index (χ4v) is 3.75. The minimum atomic E-state index is -1.14. The molecule has 138 valence electrons. The number of ether oxygens (including phenoxy) is 1. The molecule has 1 unspecified atom stereocenters. The smallest absolute Gasteiger partial charge is 0.323 e. The number of hydrogen-bond donors (Lipinski definition) is 2. The summed E-state index contributed by atoms with van der Waals surface area (Å²) in [5, 5.41) is 19.5. The van der Waals surface area contributed by atoms with E-state index in [-0.39, 0.29) is 23.7 Å². The van der Waals surface area contributed by atoms with Crippen LogP contribution in [0.15, 0.2) is 10.9 Å². The first kappa shape index (κ1) is 19.0. The molecular weight excluding hydrogens is 326 g/mol. The number of aromatic nitrogens is 1. The van der Waals surface area contributed by atoms with Crippen LogP contribution in [-0.4, -0.2) is 33.8 Å². The Hall–Kier alpha value is -2.31. The maximum absolute atomic E-state index is 12.9. The molecule has 0 spiro atoms. The Kier molecular flexibility index (Phi) is 6.22. The quantitative estimate of drug-likeness (QED) is 0.761. The third-order valence-electron chi connectivity index (χ3n) is 5.02. The minimum Gasteiger partial charge on any atom is -0.507 e. The van der Waals surface area contributed by atoms with Gasteiger partial charge in [-0.1, -0.05) is 19.3 Å². The standard InChI is InChI=1S/C18H25NO6/c1-11-8-14(20)17(18(24)19(11)10-15(21)22)13(9-16(23)25-2)12-6-4-3-5-7-12/h8,12-13,20H,3-7,9-10H2,1-2H3,(H,21,22). The molecule has 7 heteroatoms. The first-order chi connectivity index (χ1) is 11.8. The Morgan fingerprint density at radius 3 is 2.52 bits per heavy atom. The number of rotatable bonds is 6. The van der Waals surface area contributed by atoms with Crippen molar-refractivity contribution < 1.29 is 24.5 Å². The highest BCUT2D eigenvalue weighted by Crippen LogP contribution is 2.40. The molecular formula is C18H25NO6. The second-order valence-corrected chi connectivity index (χ2v) is 6.65. The Labute approximate surface area is 146 Å². The van der Waals surface area contributed by atoms with Crippen LogP contribution in [0.1, 0.15) is 55.7 Å². The number of esters is 1. The molecule has 1 heterocycles. The molecule has 2 N–H and O–H groups in total. The van der Waals surface area contributed by atoms with Crippen molar-refractivity contribution in [1.82, 2.24) is 4.57 Å². The molecule has 0 bridgehead atoms. The van der Waals surface area contributed by atoms with Gasteiger partial charge < -0.3 is 19.5 Å². The molecule has 0 aromatic carbocycles. The largest absolute Gasteiger partial charge is 0.507 e. The number of aliphatic carboxylic acids is 1. The van der Waals surface area contributed by atoms with Crippen LogP contribution in [0.4, 0.5) is 0 Å². The average Bonchev–Trinajstić information content (AvgIpc) is 2.58. The van der Waals surface area contributed by atoms with Crippen LogP contribution in [0.5, 0.6) is 5.75 Å². The van der Waals surface area contributed by atoms with Gasteiger partial charge in [-0.2, -0.15) is 0 Å². The number of carboxylic acids is 1. The first-order valence-electron chi connectivity index (χ1n) is 8.57. The first-order valence-corrected chi connectivity index (χ1v) is 8.57. The summed E-state index contributed by atoms with van der Waals surface area (Å²) in [6.07, 6.45) is 4.88. The summed E-state index contributed by atoms with van der Waals surface area (Å²) in [5.74, 6) is -2.14. The van der Waals surface area contributed by atoms with Crippen LogP contribution in [-0.2, 0) is 20.9 Å². The lowest BCUT2D eigenvalue weighted by molar-refractivity contribution is -0.141. The van der Waals surface area contributed by atoms with Crippen LogP contribution in [0.25, 0.3) is 0 Å². The van der Waals surface area contributed by atoms with Gasteiger partial charge in [0.15, 0.2) is 0 Å². The van der Waals surface area contributed by atoms with E-state index in [1.807, 2.05) is 0 Å². The Morgan fingerprint density at radius 2 is 1.96 bits per heavy atom. The highest BCUT2D eigenvalue weighted by molar-refractivity contribution is 5.70. The molecule has 1 aliphatic rings. The van der Waals surface area contributed by atoms with Gasteiger partial charge in [-0.05, 0) is 31.7 Å². The molecule has 7 nitrogen and oxygen atoms in total. The normalized spacial score (nSPS) is 16.4. The summed E-state index contributed by atoms with van der Waals surface area (Å²) >= 11 is 0. The van der Waals surface area contributed by atoms with Crippen LogP contribution >= 0.6 is 0 Å². The predicted molar refractivity (Wildman–Crippen MR) is 90.7 cm³/mol. The number of aryl methyl sites for hydroxylation is 1. The molecule has 25 heavy (non-hydrogen) atoms. The molecule has 1 fully saturated rings. The predicted octanol–water partition coefficient (Wildman–Crippen LogP) is 2.17. The summed E-state index contributed by atoms with van der Waals surface area (Å²) in [4.78, 5) is 35.8. The van der Waals surface area contributed by atoms with Gasteiger partial charge in [0.25, 0.3) is 5.56 Å². The second kappa shape index (κ2) is 8.18. The van der Waals surface area contributed by atoms with Crippen LogP contribution in [0.3, 0.4) is 0 Å². The van der Waals surface area contributed by atoms with Gasteiger partial charge in [-0.3, -0.25) is 14.4 Å². The van der Waals surface area contributed by atoms with Crippen molar-refractivity contribution in [1.29, 1.82) is 0 Å². The van der Waals surface area contributed by atoms with Gasteiger partial charge in [0, 0.05) is 11.6 Å². The number of nitrogens with zero attached hydrogens (tertiary/aromatic N) is 1. The Morgan fingerprint density at radius 1 is 1.32 bits per heavy atom. The molecule has 0 amide bonds. The van der Waals surface area contributed by atoms with E-state index in [0.29, 0.717) is 5.69 Å². The van der Waals surface area contributed by atoms with Gasteiger partial charge in [0.05, 0.1) is 19.1 Å². The zero-order chi connectivity index (χ0) is 18.6. The lowest BCUT2D eigenvalue weighted by atomic mass is 9.75. The SMILES string of the molecule is COC(=O)CC(c1c(O)cc(C)n(CC(=O)O)c1=O)C1CCCCC1. The lowest BCUT2D eigenvalue weighted by Gasteiger charge is -2.30. The van der Waals surface area contributed by atoms with E-state index in [0.717, 1.165) is 36.7 Å². The molecule has 1 aromatic rings. The van der Waals surface area contributed by atoms with Crippen molar-refractivity contribution in [3.8, 4) is 5.75 Å². The summed E-state index contributed by atoms with van der Waals surface area (Å²) in [5.41, 5.74) is -0.0439. The highest BCUT2D eigenvalue weighted by Gasteiger charge is 2.32. The van der Waals surface area contributed by atoms with Gasteiger partial charge in [-0.15, -0.1) is 0 Å². The fourth-order valence-electron chi connectivity index (χ4n) is 3.75. The number of carboxylic acid groups (broad SMARTS) is 1. The second-order valence-electron chi connectivity index (χ2n) is 6.65. The summed E-state index contributed by atoms with van der Waals surface area (Å²) < 4.78 is 5.90. The van der Waals surface area contributed by atoms with Gasteiger partial charge in [0.2, 0.25) is 0 Å². The van der Waals surface area contributed by atoms with E-state index < -0.39 is 30.0 Å². The molecule has 1 atom stereocenters. The molecule has 2 rings (SSSR count). The Balaban J connectivity index is 2.52. The molecule has 0 aliphatic heterocycles. The van der Waals surface area contributed by atoms with Crippen molar-refractivity contribution in [3.05, 3.63) is 27.7 Å². The van der Waals surface area contributed by atoms with Crippen molar-refractivity contribution in [2.24, 2.45) is 5.92 Å². The maximum atomic E-state index is 12.9. The highest BCUT2D eigenvalue weighted by atomic mass is 16.5. The van der Waals surface area contributed by atoms with Crippen molar-refractivity contribution in [2.75, 3.05) is 7.11 Å². The zero-order valence-corrected chi connectivity index (χ0v) is 14.7. The minimum absolute atomic E-state index is 0.0000983. The number of carbonyl (C=O) groups is 2. The zero-order valence-electron chi connectivity index (χ0n) is 14.7. The fraction of sp³-hybridized carbons (Fsp3) is 0.611. The van der Waals surface area contributed by atoms with Crippen molar-refractivity contribution in [2.45, 2.75) is 57.9 Å². The molecule has 0 saturated heterocycles. The van der Waals surface area contributed by atoms with E-state index in [1.54, 1.807) is 6.92 Å². The van der Waals surface area contributed by atoms with Crippen LogP contribution < -0.4 is 5.56 Å². The summed E-state index contributed by atoms with van der Waals surface area (Å²) in [7, 11) is 1.29. The van der Waals surface area contributed by atoms with E-state index in [2.05, 4.69) is 0 Å². The van der Waals surface area contributed by atoms with Gasteiger partial charge in [-0.25, -0.2) is 0 Å². The summed E-state index contributed by atoms with van der Waals surface area (Å²) in [6, 6.07) is 1.40. The molecule has 1 aromatic heterocycles.